The van der Waals surface area contributed by atoms with Gasteiger partial charge in [0.25, 0.3) is 0 Å². The van der Waals surface area contributed by atoms with Crippen LogP contribution in [0.3, 0.4) is 0 Å². The van der Waals surface area contributed by atoms with Gasteiger partial charge in [-0.15, -0.1) is 6.58 Å². The van der Waals surface area contributed by atoms with E-state index in [1.54, 1.807) is 18.3 Å². The number of carboxylic acids is 1. The Morgan fingerprint density at radius 2 is 2.40 bits per heavy atom. The summed E-state index contributed by atoms with van der Waals surface area (Å²) in [4.78, 5) is 16.5. The highest BCUT2D eigenvalue weighted by Gasteiger charge is 2.06. The van der Waals surface area contributed by atoms with E-state index in [1.165, 1.54) is 6.07 Å². The molecule has 1 rings (SSSR count). The molecule has 80 valence electrons. The van der Waals surface area contributed by atoms with E-state index in [4.69, 9.17) is 5.11 Å². The number of hydrogen-bond donors (Lipinski definition) is 1. The van der Waals surface area contributed by atoms with E-state index in [1.807, 2.05) is 11.8 Å². The van der Waals surface area contributed by atoms with Gasteiger partial charge in [-0.05, 0) is 19.1 Å². The number of pyridine rings is 1. The van der Waals surface area contributed by atoms with Gasteiger partial charge in [-0.25, -0.2) is 9.78 Å². The van der Waals surface area contributed by atoms with Crippen LogP contribution in [0.5, 0.6) is 0 Å². The molecule has 0 aliphatic heterocycles. The van der Waals surface area contributed by atoms with Crippen molar-refractivity contribution in [2.45, 2.75) is 6.92 Å². The number of aromatic nitrogens is 1. The van der Waals surface area contributed by atoms with Gasteiger partial charge in [0, 0.05) is 13.1 Å². The number of carboxylic acid groups (broad SMARTS) is 1. The molecule has 0 saturated carbocycles. The van der Waals surface area contributed by atoms with Crippen molar-refractivity contribution >= 4 is 11.7 Å². The molecule has 1 aromatic heterocycles. The molecule has 1 heterocycles. The Bertz CT molecular complexity index is 346. The summed E-state index contributed by atoms with van der Waals surface area (Å²) in [7, 11) is 0. The molecular formula is C11H14N2O2. The smallest absolute Gasteiger partial charge is 0.354 e. The molecule has 0 amide bonds. The van der Waals surface area contributed by atoms with Crippen molar-refractivity contribution in [2.24, 2.45) is 0 Å². The van der Waals surface area contributed by atoms with Gasteiger partial charge in [-0.3, -0.25) is 0 Å². The molecular weight excluding hydrogens is 192 g/mol. The second-order valence-electron chi connectivity index (χ2n) is 3.03. The summed E-state index contributed by atoms with van der Waals surface area (Å²) in [5.74, 6) is -1.01. The lowest BCUT2D eigenvalue weighted by Crippen LogP contribution is -2.22. The minimum atomic E-state index is -1.01. The molecule has 0 atom stereocenters. The van der Waals surface area contributed by atoms with E-state index in [0.29, 0.717) is 0 Å². The van der Waals surface area contributed by atoms with Gasteiger partial charge in [0.15, 0.2) is 0 Å². The molecule has 1 aromatic rings. The van der Waals surface area contributed by atoms with Crippen molar-refractivity contribution in [3.8, 4) is 0 Å². The van der Waals surface area contributed by atoms with E-state index >= 15 is 0 Å². The zero-order valence-corrected chi connectivity index (χ0v) is 8.68. The molecule has 0 bridgehead atoms. The first-order chi connectivity index (χ1) is 7.19. The van der Waals surface area contributed by atoms with E-state index in [0.717, 1.165) is 18.8 Å². The van der Waals surface area contributed by atoms with Crippen LogP contribution in [0.2, 0.25) is 0 Å². The summed E-state index contributed by atoms with van der Waals surface area (Å²) in [5, 5.41) is 8.68. The van der Waals surface area contributed by atoms with Crippen molar-refractivity contribution in [3.63, 3.8) is 0 Å². The largest absolute Gasteiger partial charge is 0.477 e. The SMILES string of the molecule is C=CCN(CC)c1ccc(C(=O)O)nc1. The molecule has 0 unspecified atom stereocenters. The summed E-state index contributed by atoms with van der Waals surface area (Å²) in [6.07, 6.45) is 3.37. The first-order valence-electron chi connectivity index (χ1n) is 4.74. The van der Waals surface area contributed by atoms with E-state index in [9.17, 15) is 4.79 Å². The Morgan fingerprint density at radius 1 is 1.67 bits per heavy atom. The molecule has 0 saturated heterocycles. The maximum absolute atomic E-state index is 10.6. The second kappa shape index (κ2) is 5.14. The van der Waals surface area contributed by atoms with Crippen molar-refractivity contribution in [2.75, 3.05) is 18.0 Å². The van der Waals surface area contributed by atoms with Crippen LogP contribution in [-0.2, 0) is 0 Å². The summed E-state index contributed by atoms with van der Waals surface area (Å²) in [6, 6.07) is 3.26. The lowest BCUT2D eigenvalue weighted by Gasteiger charge is -2.20. The van der Waals surface area contributed by atoms with E-state index in [-0.39, 0.29) is 5.69 Å². The number of carbonyl (C=O) groups is 1. The van der Waals surface area contributed by atoms with Crippen molar-refractivity contribution in [1.29, 1.82) is 0 Å². The molecule has 15 heavy (non-hydrogen) atoms. The van der Waals surface area contributed by atoms with Gasteiger partial charge in [-0.1, -0.05) is 6.08 Å². The van der Waals surface area contributed by atoms with Crippen LogP contribution < -0.4 is 4.90 Å². The molecule has 4 nitrogen and oxygen atoms in total. The predicted molar refractivity (Wildman–Crippen MR) is 59.3 cm³/mol. The Balaban J connectivity index is 2.86. The normalized spacial score (nSPS) is 9.67. The molecule has 1 N–H and O–H groups in total. The van der Waals surface area contributed by atoms with Crippen molar-refractivity contribution in [3.05, 3.63) is 36.7 Å². The minimum Gasteiger partial charge on any atom is -0.477 e. The second-order valence-corrected chi connectivity index (χ2v) is 3.03. The van der Waals surface area contributed by atoms with Gasteiger partial charge in [0.2, 0.25) is 0 Å². The number of rotatable bonds is 5. The fourth-order valence-electron chi connectivity index (χ4n) is 1.27. The van der Waals surface area contributed by atoms with Crippen molar-refractivity contribution < 1.29 is 9.90 Å². The standard InChI is InChI=1S/C11H14N2O2/c1-3-7-13(4-2)9-5-6-10(11(14)15)12-8-9/h3,5-6,8H,1,4,7H2,2H3,(H,14,15). The topological polar surface area (TPSA) is 53.4 Å². The Kier molecular flexibility index (Phi) is 3.85. The maximum atomic E-state index is 10.6. The van der Waals surface area contributed by atoms with Crippen LogP contribution in [0.25, 0.3) is 0 Å². The summed E-state index contributed by atoms with van der Waals surface area (Å²) >= 11 is 0. The predicted octanol–water partition coefficient (Wildman–Crippen LogP) is 1.79. The van der Waals surface area contributed by atoms with Gasteiger partial charge in [0.1, 0.15) is 5.69 Å². The Hall–Kier alpha value is -1.84. The van der Waals surface area contributed by atoms with Crippen LogP contribution in [0.1, 0.15) is 17.4 Å². The first-order valence-corrected chi connectivity index (χ1v) is 4.74. The fourth-order valence-corrected chi connectivity index (χ4v) is 1.27. The molecule has 4 heteroatoms. The Morgan fingerprint density at radius 3 is 2.80 bits per heavy atom. The first kappa shape index (κ1) is 11.2. The number of nitrogens with zero attached hydrogens (tertiary/aromatic N) is 2. The summed E-state index contributed by atoms with van der Waals surface area (Å²) in [6.45, 7) is 7.25. The van der Waals surface area contributed by atoms with Crippen LogP contribution >= 0.6 is 0 Å². The zero-order chi connectivity index (χ0) is 11.3. The van der Waals surface area contributed by atoms with Crippen LogP contribution in [0.15, 0.2) is 31.0 Å². The average Bonchev–Trinajstić information content (AvgIpc) is 2.26. The summed E-state index contributed by atoms with van der Waals surface area (Å²) < 4.78 is 0. The lowest BCUT2D eigenvalue weighted by molar-refractivity contribution is 0.0690. The molecule has 0 aliphatic rings. The third-order valence-electron chi connectivity index (χ3n) is 2.06. The van der Waals surface area contributed by atoms with Crippen molar-refractivity contribution in [1.82, 2.24) is 4.98 Å². The highest BCUT2D eigenvalue weighted by Crippen LogP contribution is 2.12. The maximum Gasteiger partial charge on any atom is 0.354 e. The third-order valence-corrected chi connectivity index (χ3v) is 2.06. The van der Waals surface area contributed by atoms with E-state index < -0.39 is 5.97 Å². The molecule has 0 fully saturated rings. The lowest BCUT2D eigenvalue weighted by atomic mass is 10.3. The van der Waals surface area contributed by atoms with Crippen LogP contribution in [-0.4, -0.2) is 29.1 Å². The monoisotopic (exact) mass is 206 g/mol. The molecule has 0 radical (unpaired) electrons. The highest BCUT2D eigenvalue weighted by atomic mass is 16.4. The van der Waals surface area contributed by atoms with Gasteiger partial charge < -0.3 is 10.0 Å². The molecule has 0 aromatic carbocycles. The number of hydrogen-bond acceptors (Lipinski definition) is 3. The fraction of sp³-hybridized carbons (Fsp3) is 0.273. The zero-order valence-electron chi connectivity index (χ0n) is 8.68. The third kappa shape index (κ3) is 2.80. The van der Waals surface area contributed by atoms with Crippen LogP contribution in [0, 0.1) is 0 Å². The molecule has 0 spiro atoms. The van der Waals surface area contributed by atoms with Gasteiger partial charge >= 0.3 is 5.97 Å². The highest BCUT2D eigenvalue weighted by molar-refractivity contribution is 5.85. The van der Waals surface area contributed by atoms with Crippen LogP contribution in [0.4, 0.5) is 5.69 Å². The number of anilines is 1. The van der Waals surface area contributed by atoms with Gasteiger partial charge in [0.05, 0.1) is 11.9 Å². The number of aromatic carboxylic acids is 1. The minimum absolute atomic E-state index is 0.0633. The van der Waals surface area contributed by atoms with Gasteiger partial charge in [-0.2, -0.15) is 0 Å². The number of likely N-dealkylation sites (N-methyl/N-ethyl adjacent to an activating group) is 1. The Labute approximate surface area is 88.9 Å². The quantitative estimate of drug-likeness (QED) is 0.746. The molecule has 0 aliphatic carbocycles. The summed E-state index contributed by atoms with van der Waals surface area (Å²) in [5.41, 5.74) is 0.968. The van der Waals surface area contributed by atoms with E-state index in [2.05, 4.69) is 11.6 Å². The average molecular weight is 206 g/mol.